The molecular weight excluding hydrogens is 226 g/mol. The number of fused-ring (bicyclic) bond motifs is 1. The maximum atomic E-state index is 10.7. The minimum atomic E-state index is -1.27. The molecule has 0 spiro atoms. The van der Waals surface area contributed by atoms with Crippen molar-refractivity contribution in [2.24, 2.45) is 0 Å². The Bertz CT molecular complexity index is 562. The Morgan fingerprint density at radius 2 is 2.12 bits per heavy atom. The van der Waals surface area contributed by atoms with Crippen LogP contribution in [0.25, 0.3) is 10.9 Å². The van der Waals surface area contributed by atoms with Crippen LogP contribution in [0.2, 0.25) is 0 Å². The topological polar surface area (TPSA) is 98.3 Å². The van der Waals surface area contributed by atoms with E-state index in [9.17, 15) is 14.9 Å². The van der Waals surface area contributed by atoms with Crippen molar-refractivity contribution in [1.29, 1.82) is 0 Å². The van der Waals surface area contributed by atoms with Gasteiger partial charge in [0.25, 0.3) is 5.69 Å². The molecular formula is C10H11N3O4. The number of benzene rings is 1. The van der Waals surface area contributed by atoms with Crippen LogP contribution < -0.4 is 0 Å². The molecule has 1 N–H and O–H groups in total. The van der Waals surface area contributed by atoms with E-state index in [1.165, 1.54) is 24.4 Å². The zero-order chi connectivity index (χ0) is 13.0. The van der Waals surface area contributed by atoms with E-state index >= 15 is 0 Å². The minimum Gasteiger partial charge on any atom is -0.463 e. The molecule has 0 bridgehead atoms. The molecule has 0 aliphatic rings. The van der Waals surface area contributed by atoms with Crippen LogP contribution in [0, 0.1) is 10.1 Å². The molecule has 0 unspecified atom stereocenters. The third kappa shape index (κ3) is 2.22. The van der Waals surface area contributed by atoms with Gasteiger partial charge in [-0.15, -0.1) is 0 Å². The highest BCUT2D eigenvalue weighted by atomic mass is 16.6. The Labute approximate surface area is 96.4 Å². The van der Waals surface area contributed by atoms with Crippen molar-refractivity contribution in [3.8, 4) is 0 Å². The van der Waals surface area contributed by atoms with Crippen LogP contribution in [-0.2, 0) is 0 Å². The molecule has 1 heterocycles. The van der Waals surface area contributed by atoms with Crippen LogP contribution >= 0.6 is 0 Å². The third-order valence-corrected chi connectivity index (χ3v) is 1.97. The van der Waals surface area contributed by atoms with E-state index in [-0.39, 0.29) is 16.6 Å². The van der Waals surface area contributed by atoms with Gasteiger partial charge in [-0.05, 0) is 6.07 Å². The monoisotopic (exact) mass is 237 g/mol. The summed E-state index contributed by atoms with van der Waals surface area (Å²) >= 11 is 0. The number of rotatable bonds is 1. The van der Waals surface area contributed by atoms with Crippen LogP contribution in [0.3, 0.4) is 0 Å². The predicted octanol–water partition coefficient (Wildman–Crippen LogP) is 2.50. The largest absolute Gasteiger partial charge is 0.463 e. The number of aromatic nitrogens is 2. The van der Waals surface area contributed by atoms with Gasteiger partial charge in [0.1, 0.15) is 0 Å². The van der Waals surface area contributed by atoms with Crippen LogP contribution in [0.5, 0.6) is 0 Å². The normalized spacial score (nSPS) is 9.53. The number of carbonyl (C=O) groups is 1. The van der Waals surface area contributed by atoms with Gasteiger partial charge in [-0.25, -0.2) is 4.79 Å². The zero-order valence-electron chi connectivity index (χ0n) is 9.32. The molecule has 0 saturated carbocycles. The van der Waals surface area contributed by atoms with Crippen molar-refractivity contribution in [1.82, 2.24) is 9.78 Å². The third-order valence-electron chi connectivity index (χ3n) is 1.97. The lowest BCUT2D eigenvalue weighted by atomic mass is 10.2. The Balaban J connectivity index is 0.000000686. The van der Waals surface area contributed by atoms with E-state index in [4.69, 9.17) is 5.11 Å². The molecule has 2 aromatic rings. The van der Waals surface area contributed by atoms with Gasteiger partial charge in [-0.2, -0.15) is 9.78 Å². The van der Waals surface area contributed by atoms with E-state index in [0.717, 1.165) is 0 Å². The fraction of sp³-hybridized carbons (Fsp3) is 0.200. The number of nitrogens with zero attached hydrogens (tertiary/aromatic N) is 3. The lowest BCUT2D eigenvalue weighted by Crippen LogP contribution is -2.08. The number of non-ortho nitro benzene ring substituents is 1. The quantitative estimate of drug-likeness (QED) is 0.606. The Hall–Kier alpha value is -2.44. The summed E-state index contributed by atoms with van der Waals surface area (Å²) in [6, 6.07) is 4.18. The molecule has 7 heteroatoms. The molecule has 0 fully saturated rings. The van der Waals surface area contributed by atoms with Crippen LogP contribution in [-0.4, -0.2) is 25.9 Å². The van der Waals surface area contributed by atoms with E-state index in [2.05, 4.69) is 5.10 Å². The fourth-order valence-corrected chi connectivity index (χ4v) is 1.35. The first-order chi connectivity index (χ1) is 8.11. The molecule has 0 aliphatic heterocycles. The average Bonchev–Trinajstić information content (AvgIpc) is 2.74. The molecule has 7 nitrogen and oxygen atoms in total. The zero-order valence-corrected chi connectivity index (χ0v) is 9.32. The molecule has 0 aliphatic carbocycles. The molecule has 90 valence electrons. The van der Waals surface area contributed by atoms with Gasteiger partial charge >= 0.3 is 6.09 Å². The van der Waals surface area contributed by atoms with Crippen molar-refractivity contribution in [2.45, 2.75) is 13.8 Å². The summed E-state index contributed by atoms with van der Waals surface area (Å²) in [5.41, 5.74) is 0.0525. The first kappa shape index (κ1) is 12.6. The smallest absolute Gasteiger partial charge is 0.432 e. The van der Waals surface area contributed by atoms with Crippen molar-refractivity contribution in [2.75, 3.05) is 0 Å². The summed E-state index contributed by atoms with van der Waals surface area (Å²) in [7, 11) is 0. The number of nitro benzene ring substituents is 1. The Kier molecular flexibility index (Phi) is 3.76. The Morgan fingerprint density at radius 3 is 2.65 bits per heavy atom. The molecule has 0 radical (unpaired) electrons. The minimum absolute atomic E-state index is 0.153. The fourth-order valence-electron chi connectivity index (χ4n) is 1.35. The predicted molar refractivity (Wildman–Crippen MR) is 61.2 cm³/mol. The van der Waals surface area contributed by atoms with Gasteiger partial charge in [-0.1, -0.05) is 19.9 Å². The number of carboxylic acid groups (broad SMARTS) is 1. The summed E-state index contributed by atoms with van der Waals surface area (Å²) in [6.45, 7) is 4.00. The van der Waals surface area contributed by atoms with E-state index in [1.54, 1.807) is 0 Å². The number of nitro groups is 1. The summed E-state index contributed by atoms with van der Waals surface area (Å²) in [4.78, 5) is 20.7. The molecule has 1 aromatic heterocycles. The maximum Gasteiger partial charge on any atom is 0.432 e. The molecule has 0 atom stereocenters. The molecule has 17 heavy (non-hydrogen) atoms. The molecule has 2 rings (SSSR count). The first-order valence-electron chi connectivity index (χ1n) is 4.95. The second-order valence-corrected chi connectivity index (χ2v) is 2.81. The van der Waals surface area contributed by atoms with Crippen molar-refractivity contribution in [3.05, 3.63) is 34.5 Å². The van der Waals surface area contributed by atoms with Crippen molar-refractivity contribution in [3.63, 3.8) is 0 Å². The summed E-state index contributed by atoms with van der Waals surface area (Å²) in [5.74, 6) is 0. The summed E-state index contributed by atoms with van der Waals surface area (Å²) in [5, 5.41) is 23.1. The summed E-state index contributed by atoms with van der Waals surface area (Å²) < 4.78 is 0.697. The highest BCUT2D eigenvalue weighted by Gasteiger charge is 2.16. The highest BCUT2D eigenvalue weighted by Crippen LogP contribution is 2.24. The van der Waals surface area contributed by atoms with E-state index in [0.29, 0.717) is 4.68 Å². The van der Waals surface area contributed by atoms with Gasteiger partial charge < -0.3 is 5.11 Å². The van der Waals surface area contributed by atoms with Gasteiger partial charge in [-0.3, -0.25) is 10.1 Å². The molecule has 0 saturated heterocycles. The lowest BCUT2D eigenvalue weighted by molar-refractivity contribution is -0.383. The average molecular weight is 237 g/mol. The van der Waals surface area contributed by atoms with Crippen LogP contribution in [0.4, 0.5) is 10.5 Å². The first-order valence-corrected chi connectivity index (χ1v) is 4.95. The number of hydrogen-bond donors (Lipinski definition) is 1. The standard InChI is InChI=1S/C8H5N3O4.C2H6/c12-8(13)10-6-2-1-3-7(11(14)15)5(6)4-9-10;1-2/h1-4H,(H,12,13);1-2H3. The highest BCUT2D eigenvalue weighted by molar-refractivity contribution is 5.92. The molecule has 1 aromatic carbocycles. The van der Waals surface area contributed by atoms with Crippen molar-refractivity contribution < 1.29 is 14.8 Å². The number of hydrogen-bond acceptors (Lipinski definition) is 4. The lowest BCUT2D eigenvalue weighted by Gasteiger charge is -1.95. The van der Waals surface area contributed by atoms with E-state index in [1.807, 2.05) is 13.8 Å². The van der Waals surface area contributed by atoms with Gasteiger partial charge in [0.05, 0.1) is 22.0 Å². The van der Waals surface area contributed by atoms with Crippen LogP contribution in [0.1, 0.15) is 13.8 Å². The van der Waals surface area contributed by atoms with Gasteiger partial charge in [0.15, 0.2) is 0 Å². The summed E-state index contributed by atoms with van der Waals surface area (Å²) in [6.07, 6.45) is -0.104. The van der Waals surface area contributed by atoms with Gasteiger partial charge in [0.2, 0.25) is 0 Å². The second kappa shape index (κ2) is 5.06. The van der Waals surface area contributed by atoms with Crippen LogP contribution in [0.15, 0.2) is 24.4 Å². The van der Waals surface area contributed by atoms with E-state index < -0.39 is 11.0 Å². The van der Waals surface area contributed by atoms with Gasteiger partial charge in [0, 0.05) is 6.07 Å². The Morgan fingerprint density at radius 1 is 1.47 bits per heavy atom. The molecule has 0 amide bonds. The second-order valence-electron chi connectivity index (χ2n) is 2.81. The SMILES string of the molecule is CC.O=C(O)n1ncc2c([N+](=O)[O-])cccc21. The van der Waals surface area contributed by atoms with Crippen molar-refractivity contribution >= 4 is 22.7 Å². The maximum absolute atomic E-state index is 10.7.